The Balaban J connectivity index is 1.44. The number of piperazine rings is 1. The van der Waals surface area contributed by atoms with E-state index in [-0.39, 0.29) is 35.6 Å². The molecule has 3 aliphatic rings. The van der Waals surface area contributed by atoms with Gasteiger partial charge in [0.15, 0.2) is 0 Å². The molecule has 3 fully saturated rings. The van der Waals surface area contributed by atoms with Gasteiger partial charge in [-0.15, -0.1) is 0 Å². The summed E-state index contributed by atoms with van der Waals surface area (Å²) in [5.74, 6) is -1.35. The number of carbonyl (C=O) groups is 3. The highest BCUT2D eigenvalue weighted by Gasteiger charge is 2.45. The van der Waals surface area contributed by atoms with Crippen molar-refractivity contribution in [2.75, 3.05) is 19.6 Å². The van der Waals surface area contributed by atoms with Crippen molar-refractivity contribution in [1.29, 1.82) is 0 Å². The fourth-order valence-corrected chi connectivity index (χ4v) is 7.72. The third-order valence-electron chi connectivity index (χ3n) is 10.1. The Labute approximate surface area is 265 Å². The van der Waals surface area contributed by atoms with Crippen molar-refractivity contribution in [2.24, 2.45) is 17.3 Å². The number of carbonyl (C=O) groups excluding carboxylic acids is 2. The molecule has 1 saturated carbocycles. The number of rotatable bonds is 9. The molecule has 3 N–H and O–H groups in total. The lowest BCUT2D eigenvalue weighted by atomic mass is 9.78. The number of hydrogen-bond acceptors (Lipinski definition) is 5. The van der Waals surface area contributed by atoms with Crippen molar-refractivity contribution in [3.8, 4) is 0 Å². The summed E-state index contributed by atoms with van der Waals surface area (Å²) < 4.78 is 15.5. The fourth-order valence-electron chi connectivity index (χ4n) is 7.72. The van der Waals surface area contributed by atoms with Gasteiger partial charge in [-0.25, -0.2) is 9.18 Å². The predicted octanol–water partition coefficient (Wildman–Crippen LogP) is 4.80. The SMILES string of the molecule is C[C@H](C(=O)N[C@H](C(=O)N1C[C@H]2CCCN2C[C@H]1c1ccnn1Cc1ccc(F)cc1)C1CCCCC1)C(NC(=O)O)C(C)(C)C. The maximum atomic E-state index is 14.8. The van der Waals surface area contributed by atoms with E-state index in [1.54, 1.807) is 25.3 Å². The van der Waals surface area contributed by atoms with Gasteiger partial charge in [0.2, 0.25) is 11.8 Å². The van der Waals surface area contributed by atoms with Crippen molar-refractivity contribution >= 4 is 17.9 Å². The van der Waals surface area contributed by atoms with Gasteiger partial charge in [-0.1, -0.05) is 59.1 Å². The quantitative estimate of drug-likeness (QED) is 0.369. The van der Waals surface area contributed by atoms with Crippen LogP contribution in [0.5, 0.6) is 0 Å². The maximum Gasteiger partial charge on any atom is 0.404 e. The predicted molar refractivity (Wildman–Crippen MR) is 169 cm³/mol. The standard InChI is InChI=1S/C34H49FN6O4/c1-22(30(34(2,3)4)38-33(44)45)31(42)37-29(24-9-6-5-7-10-24)32(43)40-20-26-11-8-18-39(26)21-28(40)27-16-17-36-41(27)19-23-12-14-25(35)15-13-23/h12-17,22,24,26,28-30,38H,5-11,18-21H2,1-4H3,(H,37,42)(H,44,45)/t22-,26+,28-,29-,30?/m0/s1. The number of hydrogen-bond donors (Lipinski definition) is 3. The third-order valence-corrected chi connectivity index (χ3v) is 10.1. The first kappa shape index (κ1) is 32.9. The highest BCUT2D eigenvalue weighted by atomic mass is 19.1. The molecule has 0 bridgehead atoms. The minimum atomic E-state index is -1.18. The molecule has 3 heterocycles. The average molecular weight is 625 g/mol. The van der Waals surface area contributed by atoms with Gasteiger partial charge in [0, 0.05) is 31.4 Å². The summed E-state index contributed by atoms with van der Waals surface area (Å²) in [7, 11) is 0. The molecule has 5 rings (SSSR count). The highest BCUT2D eigenvalue weighted by molar-refractivity contribution is 5.89. The molecule has 0 spiro atoms. The van der Waals surface area contributed by atoms with Gasteiger partial charge >= 0.3 is 6.09 Å². The van der Waals surface area contributed by atoms with Crippen LogP contribution in [0.4, 0.5) is 9.18 Å². The Hall–Kier alpha value is -3.47. The van der Waals surface area contributed by atoms with Crippen molar-refractivity contribution in [3.63, 3.8) is 0 Å². The number of nitrogens with one attached hydrogen (secondary N) is 2. The first-order chi connectivity index (χ1) is 21.4. The van der Waals surface area contributed by atoms with Crippen LogP contribution in [-0.2, 0) is 16.1 Å². The lowest BCUT2D eigenvalue weighted by Gasteiger charge is -2.46. The molecule has 45 heavy (non-hydrogen) atoms. The number of nitrogens with zero attached hydrogens (tertiary/aromatic N) is 4. The Morgan fingerprint density at radius 1 is 1.00 bits per heavy atom. The summed E-state index contributed by atoms with van der Waals surface area (Å²) in [5.41, 5.74) is 1.32. The zero-order valence-corrected chi connectivity index (χ0v) is 27.0. The van der Waals surface area contributed by atoms with E-state index in [0.29, 0.717) is 19.6 Å². The molecule has 11 heteroatoms. The maximum absolute atomic E-state index is 14.8. The van der Waals surface area contributed by atoms with Gasteiger partial charge in [0.05, 0.1) is 24.2 Å². The molecule has 3 amide bonds. The van der Waals surface area contributed by atoms with Crippen molar-refractivity contribution < 1.29 is 23.9 Å². The molecule has 2 aliphatic heterocycles. The second-order valence-corrected chi connectivity index (χ2v) is 14.3. The van der Waals surface area contributed by atoms with E-state index < -0.39 is 29.5 Å². The van der Waals surface area contributed by atoms with E-state index >= 15 is 0 Å². The summed E-state index contributed by atoms with van der Waals surface area (Å²) in [4.78, 5) is 44.8. The number of fused-ring (bicyclic) bond motifs is 1. The lowest BCUT2D eigenvalue weighted by molar-refractivity contribution is -0.145. The van der Waals surface area contributed by atoms with Crippen molar-refractivity contribution in [2.45, 2.75) is 103 Å². The second-order valence-electron chi connectivity index (χ2n) is 14.3. The van der Waals surface area contributed by atoms with Crippen LogP contribution in [0.15, 0.2) is 36.5 Å². The average Bonchev–Trinajstić information content (AvgIpc) is 3.67. The summed E-state index contributed by atoms with van der Waals surface area (Å²) in [6.45, 7) is 10.1. The molecule has 2 saturated heterocycles. The molecule has 5 atom stereocenters. The van der Waals surface area contributed by atoms with Crippen LogP contribution in [0.3, 0.4) is 0 Å². The molecule has 0 radical (unpaired) electrons. The van der Waals surface area contributed by atoms with Gasteiger partial charge < -0.3 is 20.6 Å². The number of amides is 3. The molecule has 10 nitrogen and oxygen atoms in total. The van der Waals surface area contributed by atoms with Gasteiger partial charge in [0.1, 0.15) is 11.9 Å². The van der Waals surface area contributed by atoms with E-state index in [0.717, 1.165) is 62.7 Å². The Morgan fingerprint density at radius 2 is 1.71 bits per heavy atom. The number of carboxylic acid groups (broad SMARTS) is 1. The summed E-state index contributed by atoms with van der Waals surface area (Å²) >= 11 is 0. The largest absolute Gasteiger partial charge is 0.465 e. The fraction of sp³-hybridized carbons (Fsp3) is 0.647. The molecule has 1 unspecified atom stereocenters. The smallest absolute Gasteiger partial charge is 0.404 e. The minimum Gasteiger partial charge on any atom is -0.465 e. The molecule has 246 valence electrons. The van der Waals surface area contributed by atoms with E-state index in [9.17, 15) is 23.9 Å². The summed E-state index contributed by atoms with van der Waals surface area (Å²) in [5, 5.41) is 19.8. The van der Waals surface area contributed by atoms with E-state index in [4.69, 9.17) is 0 Å². The Bertz CT molecular complexity index is 1330. The number of halogens is 1. The monoisotopic (exact) mass is 624 g/mol. The van der Waals surface area contributed by atoms with Gasteiger partial charge in [0.25, 0.3) is 0 Å². The van der Waals surface area contributed by atoms with Crippen LogP contribution >= 0.6 is 0 Å². The molecule has 2 aromatic rings. The van der Waals surface area contributed by atoms with Crippen LogP contribution in [0.2, 0.25) is 0 Å². The first-order valence-electron chi connectivity index (χ1n) is 16.5. The van der Waals surface area contributed by atoms with Crippen molar-refractivity contribution in [1.82, 2.24) is 30.2 Å². The third kappa shape index (κ3) is 7.68. The van der Waals surface area contributed by atoms with Crippen LogP contribution in [0.1, 0.15) is 89.9 Å². The summed E-state index contributed by atoms with van der Waals surface area (Å²) in [6.07, 6.45) is 7.53. The second kappa shape index (κ2) is 13.9. The first-order valence-corrected chi connectivity index (χ1v) is 16.5. The van der Waals surface area contributed by atoms with Gasteiger partial charge in [-0.2, -0.15) is 5.10 Å². The van der Waals surface area contributed by atoms with Crippen LogP contribution < -0.4 is 10.6 Å². The topological polar surface area (TPSA) is 120 Å². The zero-order chi connectivity index (χ0) is 32.3. The Kier molecular flexibility index (Phi) is 10.2. The van der Waals surface area contributed by atoms with Crippen LogP contribution in [-0.4, -0.2) is 80.4 Å². The number of benzene rings is 1. The number of aromatic nitrogens is 2. The van der Waals surface area contributed by atoms with Gasteiger partial charge in [-0.05, 0) is 67.3 Å². The molecule has 1 aliphatic carbocycles. The molecule has 1 aromatic carbocycles. The van der Waals surface area contributed by atoms with Crippen LogP contribution in [0, 0.1) is 23.1 Å². The minimum absolute atomic E-state index is 0.00861. The lowest BCUT2D eigenvalue weighted by Crippen LogP contribution is -2.61. The normalized spacial score (nSPS) is 23.2. The molecule has 1 aromatic heterocycles. The van der Waals surface area contributed by atoms with E-state index in [1.165, 1.54) is 12.1 Å². The zero-order valence-electron chi connectivity index (χ0n) is 27.0. The highest BCUT2D eigenvalue weighted by Crippen LogP contribution is 2.36. The molecular weight excluding hydrogens is 575 g/mol. The van der Waals surface area contributed by atoms with Crippen LogP contribution in [0.25, 0.3) is 0 Å². The Morgan fingerprint density at radius 3 is 2.38 bits per heavy atom. The summed E-state index contributed by atoms with van der Waals surface area (Å²) in [6, 6.07) is 7.03. The van der Waals surface area contributed by atoms with Gasteiger partial charge in [-0.3, -0.25) is 19.2 Å². The van der Waals surface area contributed by atoms with Crippen molar-refractivity contribution in [3.05, 3.63) is 53.6 Å². The van der Waals surface area contributed by atoms with E-state index in [2.05, 4.69) is 20.6 Å². The van der Waals surface area contributed by atoms with E-state index in [1.807, 2.05) is 36.4 Å². The molecular formula is C34H49FN6O4.